The normalized spacial score (nSPS) is 32.8. The van der Waals surface area contributed by atoms with Gasteiger partial charge in [-0.1, -0.05) is 6.92 Å². The monoisotopic (exact) mass is 284 g/mol. The third-order valence-corrected chi connectivity index (χ3v) is 4.88. The molecule has 0 aromatic carbocycles. The van der Waals surface area contributed by atoms with Crippen LogP contribution in [0.5, 0.6) is 0 Å². The number of halogens is 3. The number of hydrogen-bond acceptors (Lipinski definition) is 2. The Bertz CT molecular complexity index is 486. The lowest BCUT2D eigenvalue weighted by atomic mass is 9.98. The molecule has 1 aromatic heterocycles. The molecule has 4 atom stereocenters. The van der Waals surface area contributed by atoms with Gasteiger partial charge in [-0.15, -0.1) is 0 Å². The summed E-state index contributed by atoms with van der Waals surface area (Å²) in [7, 11) is 0. The predicted molar refractivity (Wildman–Crippen MR) is 70.1 cm³/mol. The molecular formula is C15H19F3N2. The summed E-state index contributed by atoms with van der Waals surface area (Å²) in [6.07, 6.45) is -0.646. The van der Waals surface area contributed by atoms with Gasteiger partial charge in [-0.05, 0) is 55.7 Å². The number of piperidine rings is 1. The molecule has 0 unspecified atom stereocenters. The minimum atomic E-state index is -4.31. The van der Waals surface area contributed by atoms with Crippen LogP contribution in [0.3, 0.4) is 0 Å². The summed E-state index contributed by atoms with van der Waals surface area (Å²) in [6.45, 7) is 3.28. The van der Waals surface area contributed by atoms with E-state index >= 15 is 0 Å². The fourth-order valence-electron chi connectivity index (χ4n) is 3.50. The lowest BCUT2D eigenvalue weighted by molar-refractivity contribution is -0.138. The molecule has 1 aliphatic heterocycles. The number of fused-ring (bicyclic) bond motifs is 1. The SMILES string of the molecule is C[C@H]1[C@H]2CN[C@H](CCc3ncccc3C(F)(F)F)C[C@@H]12. The van der Waals surface area contributed by atoms with Crippen molar-refractivity contribution in [3.05, 3.63) is 29.6 Å². The van der Waals surface area contributed by atoms with Crippen molar-refractivity contribution < 1.29 is 13.2 Å². The second kappa shape index (κ2) is 5.02. The number of aromatic nitrogens is 1. The fourth-order valence-corrected chi connectivity index (χ4v) is 3.50. The van der Waals surface area contributed by atoms with Crippen molar-refractivity contribution in [2.24, 2.45) is 17.8 Å². The van der Waals surface area contributed by atoms with E-state index in [2.05, 4.69) is 17.2 Å². The molecule has 1 aromatic rings. The largest absolute Gasteiger partial charge is 0.418 e. The molecule has 0 amide bonds. The highest BCUT2D eigenvalue weighted by Crippen LogP contribution is 2.50. The lowest BCUT2D eigenvalue weighted by Gasteiger charge is -2.23. The molecule has 110 valence electrons. The molecule has 0 bridgehead atoms. The van der Waals surface area contributed by atoms with Crippen LogP contribution in [0.2, 0.25) is 0 Å². The molecule has 1 saturated heterocycles. The topological polar surface area (TPSA) is 24.9 Å². The van der Waals surface area contributed by atoms with Gasteiger partial charge in [-0.3, -0.25) is 4.98 Å². The van der Waals surface area contributed by atoms with Gasteiger partial charge in [0.15, 0.2) is 0 Å². The van der Waals surface area contributed by atoms with E-state index in [1.165, 1.54) is 12.3 Å². The van der Waals surface area contributed by atoms with E-state index in [1.54, 1.807) is 0 Å². The van der Waals surface area contributed by atoms with Crippen molar-refractivity contribution >= 4 is 0 Å². The number of nitrogens with one attached hydrogen (secondary N) is 1. The van der Waals surface area contributed by atoms with Crippen LogP contribution < -0.4 is 5.32 Å². The number of alkyl halides is 3. The molecule has 1 saturated carbocycles. The first-order valence-electron chi connectivity index (χ1n) is 7.21. The van der Waals surface area contributed by atoms with Gasteiger partial charge in [-0.25, -0.2) is 0 Å². The maximum absolute atomic E-state index is 12.9. The summed E-state index contributed by atoms with van der Waals surface area (Å²) in [6, 6.07) is 2.81. The number of pyridine rings is 1. The van der Waals surface area contributed by atoms with Gasteiger partial charge >= 0.3 is 6.18 Å². The van der Waals surface area contributed by atoms with Crippen molar-refractivity contribution in [3.8, 4) is 0 Å². The quantitative estimate of drug-likeness (QED) is 0.921. The number of hydrogen-bond donors (Lipinski definition) is 1. The molecule has 0 radical (unpaired) electrons. The van der Waals surface area contributed by atoms with Crippen LogP contribution in [0.25, 0.3) is 0 Å². The first-order chi connectivity index (χ1) is 9.47. The first kappa shape index (κ1) is 13.9. The Morgan fingerprint density at radius 2 is 2.15 bits per heavy atom. The average molecular weight is 284 g/mol. The fraction of sp³-hybridized carbons (Fsp3) is 0.667. The van der Waals surface area contributed by atoms with E-state index in [4.69, 9.17) is 0 Å². The van der Waals surface area contributed by atoms with Gasteiger partial charge in [0, 0.05) is 12.2 Å². The summed E-state index contributed by atoms with van der Waals surface area (Å²) in [5.74, 6) is 2.37. The van der Waals surface area contributed by atoms with Crippen molar-refractivity contribution in [3.63, 3.8) is 0 Å². The van der Waals surface area contributed by atoms with Gasteiger partial charge < -0.3 is 5.32 Å². The maximum atomic E-state index is 12.9. The molecule has 2 nitrogen and oxygen atoms in total. The van der Waals surface area contributed by atoms with Gasteiger partial charge in [0.25, 0.3) is 0 Å². The van der Waals surface area contributed by atoms with Crippen LogP contribution in [0.4, 0.5) is 13.2 Å². The molecule has 2 heterocycles. The second-order valence-electron chi connectivity index (χ2n) is 6.06. The summed E-state index contributed by atoms with van der Waals surface area (Å²) >= 11 is 0. The lowest BCUT2D eigenvalue weighted by Crippen LogP contribution is -2.36. The van der Waals surface area contributed by atoms with Crippen molar-refractivity contribution in [1.29, 1.82) is 0 Å². The first-order valence-corrected chi connectivity index (χ1v) is 7.21. The highest BCUT2D eigenvalue weighted by molar-refractivity contribution is 5.23. The maximum Gasteiger partial charge on any atom is 0.418 e. The van der Waals surface area contributed by atoms with Crippen LogP contribution in [-0.4, -0.2) is 17.6 Å². The van der Waals surface area contributed by atoms with Crippen LogP contribution in [0.1, 0.15) is 31.0 Å². The molecule has 1 aliphatic carbocycles. The van der Waals surface area contributed by atoms with E-state index in [-0.39, 0.29) is 5.69 Å². The Morgan fingerprint density at radius 1 is 1.35 bits per heavy atom. The molecule has 20 heavy (non-hydrogen) atoms. The third-order valence-electron chi connectivity index (χ3n) is 4.88. The minimum Gasteiger partial charge on any atom is -0.314 e. The van der Waals surface area contributed by atoms with Gasteiger partial charge in [0.1, 0.15) is 0 Å². The summed E-state index contributed by atoms with van der Waals surface area (Å²) in [5, 5.41) is 3.46. The van der Waals surface area contributed by atoms with Crippen molar-refractivity contribution in [1.82, 2.24) is 10.3 Å². The highest BCUT2D eigenvalue weighted by Gasteiger charge is 2.49. The van der Waals surface area contributed by atoms with E-state index in [0.29, 0.717) is 12.5 Å². The summed E-state index contributed by atoms with van der Waals surface area (Å²) < 4.78 is 38.6. The minimum absolute atomic E-state index is 0.174. The van der Waals surface area contributed by atoms with Gasteiger partial charge in [0.05, 0.1) is 11.3 Å². The van der Waals surface area contributed by atoms with Crippen molar-refractivity contribution in [2.75, 3.05) is 6.54 Å². The summed E-state index contributed by atoms with van der Waals surface area (Å²) in [4.78, 5) is 3.93. The Morgan fingerprint density at radius 3 is 2.85 bits per heavy atom. The van der Waals surface area contributed by atoms with E-state index < -0.39 is 11.7 Å². The van der Waals surface area contributed by atoms with Crippen LogP contribution in [-0.2, 0) is 12.6 Å². The smallest absolute Gasteiger partial charge is 0.314 e. The molecule has 5 heteroatoms. The zero-order valence-electron chi connectivity index (χ0n) is 11.5. The molecule has 1 N–H and O–H groups in total. The van der Waals surface area contributed by atoms with Gasteiger partial charge in [0.2, 0.25) is 0 Å². The van der Waals surface area contributed by atoms with Crippen molar-refractivity contribution in [2.45, 2.75) is 38.4 Å². The molecular weight excluding hydrogens is 265 g/mol. The Labute approximate surface area is 116 Å². The zero-order chi connectivity index (χ0) is 14.3. The summed E-state index contributed by atoms with van der Waals surface area (Å²) in [5.41, 5.74) is -0.416. The standard InChI is InChI=1S/C15H19F3N2/c1-9-11-7-10(20-8-12(9)11)4-5-14-13(15(16,17)18)3-2-6-19-14/h2-3,6,9-12,20H,4-5,7-8H2,1H3/t9-,10-,11+,12-/m1/s1. The van der Waals surface area contributed by atoms with E-state index in [1.807, 2.05) is 0 Å². The average Bonchev–Trinajstić information content (AvgIpc) is 3.06. The Hall–Kier alpha value is -1.10. The molecule has 2 aliphatic rings. The zero-order valence-corrected chi connectivity index (χ0v) is 11.5. The Kier molecular flexibility index (Phi) is 3.48. The molecule has 3 rings (SSSR count). The van der Waals surface area contributed by atoms with E-state index in [9.17, 15) is 13.2 Å². The number of aryl methyl sites for hydroxylation is 1. The number of rotatable bonds is 3. The third kappa shape index (κ3) is 2.68. The Balaban J connectivity index is 1.61. The van der Waals surface area contributed by atoms with E-state index in [0.717, 1.165) is 43.2 Å². The van der Waals surface area contributed by atoms with Crippen LogP contribution in [0, 0.1) is 17.8 Å². The van der Waals surface area contributed by atoms with Crippen LogP contribution >= 0.6 is 0 Å². The molecule has 0 spiro atoms. The van der Waals surface area contributed by atoms with Gasteiger partial charge in [-0.2, -0.15) is 13.2 Å². The molecule has 2 fully saturated rings. The predicted octanol–water partition coefficient (Wildman–Crippen LogP) is 3.28. The second-order valence-corrected chi connectivity index (χ2v) is 6.06. The van der Waals surface area contributed by atoms with Crippen LogP contribution in [0.15, 0.2) is 18.3 Å². The highest BCUT2D eigenvalue weighted by atomic mass is 19.4. The number of nitrogens with zero attached hydrogens (tertiary/aromatic N) is 1.